The van der Waals surface area contributed by atoms with Gasteiger partial charge in [0.25, 0.3) is 6.43 Å². The number of nitriles is 1. The summed E-state index contributed by atoms with van der Waals surface area (Å²) in [6.45, 7) is 0. The first-order valence-electron chi connectivity index (χ1n) is 4.16. The van der Waals surface area contributed by atoms with Crippen LogP contribution in [0.4, 0.5) is 22.0 Å². The molecule has 92 valence electrons. The summed E-state index contributed by atoms with van der Waals surface area (Å²) < 4.78 is 62.3. The predicted molar refractivity (Wildman–Crippen MR) is 48.5 cm³/mol. The van der Waals surface area contributed by atoms with E-state index in [4.69, 9.17) is 16.9 Å². The lowest BCUT2D eigenvalue weighted by molar-refractivity contribution is -0.138. The summed E-state index contributed by atoms with van der Waals surface area (Å²) >= 11 is 5.27. The largest absolute Gasteiger partial charge is 0.419 e. The third-order valence-corrected chi connectivity index (χ3v) is 2.18. The number of alkyl halides is 6. The van der Waals surface area contributed by atoms with E-state index >= 15 is 0 Å². The number of hydrogen-bond acceptors (Lipinski definition) is 2. The van der Waals surface area contributed by atoms with E-state index in [-0.39, 0.29) is 0 Å². The third-order valence-electron chi connectivity index (χ3n) is 1.90. The summed E-state index contributed by atoms with van der Waals surface area (Å²) in [4.78, 5) is 3.01. The molecule has 17 heavy (non-hydrogen) atoms. The molecule has 1 rings (SSSR count). The number of nitrogens with zero attached hydrogens (tertiary/aromatic N) is 2. The van der Waals surface area contributed by atoms with Crippen molar-refractivity contribution in [1.82, 2.24) is 4.98 Å². The summed E-state index contributed by atoms with van der Waals surface area (Å²) in [7, 11) is 0. The lowest BCUT2D eigenvalue weighted by Gasteiger charge is -2.12. The molecule has 0 aliphatic carbocycles. The molecule has 0 saturated carbocycles. The number of hydrogen-bond donors (Lipinski definition) is 0. The SMILES string of the molecule is N#Cc1nc(C(F)F)c(CCl)cc1C(F)(F)F. The van der Waals surface area contributed by atoms with Crippen LogP contribution in [-0.4, -0.2) is 4.98 Å². The van der Waals surface area contributed by atoms with Gasteiger partial charge in [-0.2, -0.15) is 18.4 Å². The summed E-state index contributed by atoms with van der Waals surface area (Å²) in [5.41, 5.74) is -3.78. The summed E-state index contributed by atoms with van der Waals surface area (Å²) in [6.07, 6.45) is -7.92. The topological polar surface area (TPSA) is 36.7 Å². The Hall–Kier alpha value is -1.42. The Labute approximate surface area is 97.6 Å². The van der Waals surface area contributed by atoms with Gasteiger partial charge in [0.05, 0.1) is 5.56 Å². The van der Waals surface area contributed by atoms with Crippen LogP contribution in [0.25, 0.3) is 0 Å². The van der Waals surface area contributed by atoms with Crippen LogP contribution in [0.3, 0.4) is 0 Å². The van der Waals surface area contributed by atoms with Crippen molar-refractivity contribution in [1.29, 1.82) is 5.26 Å². The molecule has 0 aromatic carbocycles. The molecule has 1 heterocycles. The van der Waals surface area contributed by atoms with Gasteiger partial charge in [-0.3, -0.25) is 0 Å². The van der Waals surface area contributed by atoms with Gasteiger partial charge in [0.15, 0.2) is 5.69 Å². The van der Waals surface area contributed by atoms with Gasteiger partial charge >= 0.3 is 6.18 Å². The number of pyridine rings is 1. The van der Waals surface area contributed by atoms with Gasteiger partial charge in [-0.1, -0.05) is 0 Å². The minimum Gasteiger partial charge on any atom is -0.235 e. The van der Waals surface area contributed by atoms with Crippen LogP contribution in [0.2, 0.25) is 0 Å². The van der Waals surface area contributed by atoms with E-state index < -0.39 is 41.0 Å². The van der Waals surface area contributed by atoms with Gasteiger partial charge < -0.3 is 0 Å². The minimum atomic E-state index is -4.83. The van der Waals surface area contributed by atoms with E-state index in [0.29, 0.717) is 6.07 Å². The summed E-state index contributed by atoms with van der Waals surface area (Å²) in [5, 5.41) is 8.46. The van der Waals surface area contributed by atoms with Crippen LogP contribution < -0.4 is 0 Å². The average Bonchev–Trinajstić information content (AvgIpc) is 2.25. The first kappa shape index (κ1) is 13.6. The Morgan fingerprint density at radius 2 is 2.00 bits per heavy atom. The fourth-order valence-corrected chi connectivity index (χ4v) is 1.38. The third kappa shape index (κ3) is 2.82. The zero-order chi connectivity index (χ0) is 13.2. The van der Waals surface area contributed by atoms with Gasteiger partial charge in [-0.05, 0) is 11.6 Å². The Balaban J connectivity index is 3.51. The summed E-state index contributed by atoms with van der Waals surface area (Å²) in [5.74, 6) is -0.540. The average molecular weight is 271 g/mol. The quantitative estimate of drug-likeness (QED) is 0.607. The Morgan fingerprint density at radius 3 is 2.35 bits per heavy atom. The van der Waals surface area contributed by atoms with Gasteiger partial charge in [0, 0.05) is 5.88 Å². The molecule has 0 saturated heterocycles. The van der Waals surface area contributed by atoms with Crippen molar-refractivity contribution in [2.75, 3.05) is 0 Å². The van der Waals surface area contributed by atoms with Gasteiger partial charge in [0.1, 0.15) is 11.8 Å². The Kier molecular flexibility index (Phi) is 3.88. The second-order valence-electron chi connectivity index (χ2n) is 2.97. The lowest BCUT2D eigenvalue weighted by atomic mass is 10.1. The van der Waals surface area contributed by atoms with Crippen molar-refractivity contribution >= 4 is 11.6 Å². The molecule has 0 aliphatic rings. The second kappa shape index (κ2) is 4.84. The van der Waals surface area contributed by atoms with E-state index in [9.17, 15) is 22.0 Å². The highest BCUT2D eigenvalue weighted by atomic mass is 35.5. The van der Waals surface area contributed by atoms with E-state index in [1.165, 1.54) is 0 Å². The maximum Gasteiger partial charge on any atom is 0.419 e. The highest BCUT2D eigenvalue weighted by Gasteiger charge is 2.36. The number of aromatic nitrogens is 1. The first-order valence-corrected chi connectivity index (χ1v) is 4.70. The monoisotopic (exact) mass is 270 g/mol. The van der Waals surface area contributed by atoms with Gasteiger partial charge in [-0.15, -0.1) is 11.6 Å². The smallest absolute Gasteiger partial charge is 0.235 e. The Morgan fingerprint density at radius 1 is 1.41 bits per heavy atom. The van der Waals surface area contributed by atoms with E-state index in [1.54, 1.807) is 0 Å². The van der Waals surface area contributed by atoms with Crippen LogP contribution in [0.5, 0.6) is 0 Å². The van der Waals surface area contributed by atoms with Gasteiger partial charge in [-0.25, -0.2) is 13.8 Å². The highest BCUT2D eigenvalue weighted by Crippen LogP contribution is 2.34. The standard InChI is InChI=1S/C9H4ClF5N2/c10-2-4-1-5(9(13,14)15)6(3-16)17-7(4)8(11)12/h1,8H,2H2. The molecule has 1 aromatic rings. The molecule has 0 spiro atoms. The minimum absolute atomic E-state index is 0.431. The zero-order valence-corrected chi connectivity index (χ0v) is 8.78. The highest BCUT2D eigenvalue weighted by molar-refractivity contribution is 6.17. The van der Waals surface area contributed by atoms with E-state index in [2.05, 4.69) is 4.98 Å². The molecule has 0 radical (unpaired) electrons. The maximum atomic E-state index is 12.5. The van der Waals surface area contributed by atoms with Crippen LogP contribution in [-0.2, 0) is 12.1 Å². The fraction of sp³-hybridized carbons (Fsp3) is 0.333. The van der Waals surface area contributed by atoms with Crippen LogP contribution in [0, 0.1) is 11.3 Å². The van der Waals surface area contributed by atoms with Crippen LogP contribution >= 0.6 is 11.6 Å². The molecule has 0 amide bonds. The van der Waals surface area contributed by atoms with Crippen molar-refractivity contribution in [2.24, 2.45) is 0 Å². The van der Waals surface area contributed by atoms with Crippen molar-refractivity contribution in [3.63, 3.8) is 0 Å². The molecule has 0 fully saturated rings. The van der Waals surface area contributed by atoms with Crippen molar-refractivity contribution in [3.8, 4) is 6.07 Å². The molecule has 0 atom stereocenters. The fourth-order valence-electron chi connectivity index (χ4n) is 1.17. The molecular formula is C9H4ClF5N2. The first-order chi connectivity index (χ1) is 7.81. The molecule has 0 unspecified atom stereocenters. The molecule has 2 nitrogen and oxygen atoms in total. The molecule has 1 aromatic heterocycles. The van der Waals surface area contributed by atoms with Crippen molar-refractivity contribution in [2.45, 2.75) is 18.5 Å². The van der Waals surface area contributed by atoms with Crippen LogP contribution in [0.15, 0.2) is 6.07 Å². The number of halogens is 6. The zero-order valence-electron chi connectivity index (χ0n) is 8.02. The molecule has 8 heteroatoms. The predicted octanol–water partition coefficient (Wildman–Crippen LogP) is 3.65. The van der Waals surface area contributed by atoms with Crippen molar-refractivity contribution < 1.29 is 22.0 Å². The lowest BCUT2D eigenvalue weighted by Crippen LogP contribution is -2.12. The maximum absolute atomic E-state index is 12.5. The molecule has 0 bridgehead atoms. The van der Waals surface area contributed by atoms with Crippen molar-refractivity contribution in [3.05, 3.63) is 28.6 Å². The summed E-state index contributed by atoms with van der Waals surface area (Å²) in [6, 6.07) is 1.57. The van der Waals surface area contributed by atoms with E-state index in [0.717, 1.165) is 6.07 Å². The van der Waals surface area contributed by atoms with Crippen LogP contribution in [0.1, 0.15) is 28.9 Å². The molecular weight excluding hydrogens is 267 g/mol. The molecule has 0 N–H and O–H groups in total. The molecule has 0 aliphatic heterocycles. The number of rotatable bonds is 2. The normalized spacial score (nSPS) is 11.6. The Bertz CT molecular complexity index is 464. The second-order valence-corrected chi connectivity index (χ2v) is 3.24. The van der Waals surface area contributed by atoms with E-state index in [1.807, 2.05) is 0 Å². The van der Waals surface area contributed by atoms with Gasteiger partial charge in [0.2, 0.25) is 0 Å².